The van der Waals surface area contributed by atoms with E-state index in [0.717, 1.165) is 17.4 Å². The molecule has 0 aliphatic heterocycles. The van der Waals surface area contributed by atoms with Crippen LogP contribution < -0.4 is 15.9 Å². The van der Waals surface area contributed by atoms with Gasteiger partial charge in [0.1, 0.15) is 11.9 Å². The summed E-state index contributed by atoms with van der Waals surface area (Å²) in [4.78, 5) is 40.8. The first-order valence-electron chi connectivity index (χ1n) is 10.1. The minimum atomic E-state index is -0.748. The van der Waals surface area contributed by atoms with E-state index in [1.165, 1.54) is 16.7 Å². The van der Waals surface area contributed by atoms with Crippen LogP contribution in [0.2, 0.25) is 0 Å². The number of anilines is 1. The maximum atomic E-state index is 14.4. The number of nitrogens with zero attached hydrogens (tertiary/aromatic N) is 2. The SMILES string of the molecule is CC(C)C(N)C(=O)OCn1ccs/c1=N\C(=O)c1ccc(NC(=O)CC(C)(C)C)c(F)c1. The van der Waals surface area contributed by atoms with Gasteiger partial charge in [-0.15, -0.1) is 11.3 Å². The van der Waals surface area contributed by atoms with E-state index in [1.807, 2.05) is 34.6 Å². The predicted molar refractivity (Wildman–Crippen MR) is 120 cm³/mol. The largest absolute Gasteiger partial charge is 0.443 e. The number of hydrogen-bond donors (Lipinski definition) is 2. The van der Waals surface area contributed by atoms with Gasteiger partial charge in [0.25, 0.3) is 5.91 Å². The zero-order valence-electron chi connectivity index (χ0n) is 18.8. The molecule has 0 bridgehead atoms. The lowest BCUT2D eigenvalue weighted by Crippen LogP contribution is -2.37. The lowest BCUT2D eigenvalue weighted by molar-refractivity contribution is -0.150. The van der Waals surface area contributed by atoms with E-state index in [0.29, 0.717) is 0 Å². The number of aromatic nitrogens is 1. The number of halogens is 1. The van der Waals surface area contributed by atoms with E-state index in [-0.39, 0.29) is 46.4 Å². The van der Waals surface area contributed by atoms with Gasteiger partial charge in [0.2, 0.25) is 5.91 Å². The number of carbonyl (C=O) groups is 3. The third-order valence-corrected chi connectivity index (χ3v) is 5.17. The number of amides is 2. The quantitative estimate of drug-likeness (QED) is 0.610. The third-order valence-electron chi connectivity index (χ3n) is 4.37. The van der Waals surface area contributed by atoms with Crippen LogP contribution in [0.5, 0.6) is 0 Å². The van der Waals surface area contributed by atoms with Crippen molar-refractivity contribution in [3.8, 4) is 0 Å². The van der Waals surface area contributed by atoms with Crippen LogP contribution in [0, 0.1) is 17.2 Å². The lowest BCUT2D eigenvalue weighted by Gasteiger charge is -2.17. The van der Waals surface area contributed by atoms with Crippen molar-refractivity contribution in [3.63, 3.8) is 0 Å². The molecule has 1 heterocycles. The Morgan fingerprint density at radius 1 is 1.28 bits per heavy atom. The van der Waals surface area contributed by atoms with E-state index in [4.69, 9.17) is 10.5 Å². The molecule has 8 nitrogen and oxygen atoms in total. The molecular weight excluding hydrogens is 435 g/mol. The average Bonchev–Trinajstić information content (AvgIpc) is 3.12. The van der Waals surface area contributed by atoms with Crippen molar-refractivity contribution in [1.82, 2.24) is 4.57 Å². The summed E-state index contributed by atoms with van der Waals surface area (Å²) in [7, 11) is 0. The van der Waals surface area contributed by atoms with Crippen LogP contribution in [0.25, 0.3) is 0 Å². The van der Waals surface area contributed by atoms with Crippen LogP contribution in [-0.2, 0) is 21.1 Å². The van der Waals surface area contributed by atoms with Gasteiger partial charge in [-0.1, -0.05) is 34.6 Å². The van der Waals surface area contributed by atoms with Crippen LogP contribution in [0.1, 0.15) is 51.4 Å². The number of thiazole rings is 1. The molecule has 0 fully saturated rings. The highest BCUT2D eigenvalue weighted by atomic mass is 32.1. The summed E-state index contributed by atoms with van der Waals surface area (Å²) < 4.78 is 21.1. The molecule has 0 spiro atoms. The van der Waals surface area contributed by atoms with Crippen molar-refractivity contribution < 1.29 is 23.5 Å². The van der Waals surface area contributed by atoms with E-state index in [2.05, 4.69) is 10.3 Å². The molecule has 32 heavy (non-hydrogen) atoms. The molecule has 0 aliphatic carbocycles. The normalized spacial score (nSPS) is 13.2. The van der Waals surface area contributed by atoms with Crippen LogP contribution in [-0.4, -0.2) is 28.4 Å². The summed E-state index contributed by atoms with van der Waals surface area (Å²) in [5.74, 6) is -2.34. The highest BCUT2D eigenvalue weighted by Crippen LogP contribution is 2.21. The Bertz CT molecular complexity index is 1050. The first-order chi connectivity index (χ1) is 14.9. The molecule has 2 amide bonds. The molecule has 0 aliphatic rings. The Morgan fingerprint density at radius 3 is 2.56 bits per heavy atom. The summed E-state index contributed by atoms with van der Waals surface area (Å²) in [6.45, 7) is 9.18. The lowest BCUT2D eigenvalue weighted by atomic mass is 9.92. The van der Waals surface area contributed by atoms with Crippen molar-refractivity contribution in [2.75, 3.05) is 5.32 Å². The number of hydrogen-bond acceptors (Lipinski definition) is 6. The van der Waals surface area contributed by atoms with Gasteiger partial charge in [-0.2, -0.15) is 4.99 Å². The Hall–Kier alpha value is -2.85. The van der Waals surface area contributed by atoms with Crippen LogP contribution >= 0.6 is 11.3 Å². The molecule has 2 rings (SSSR count). The second kappa shape index (κ2) is 10.6. The number of nitrogens with two attached hydrogens (primary N) is 1. The molecule has 1 aromatic heterocycles. The van der Waals surface area contributed by atoms with Crippen molar-refractivity contribution >= 4 is 34.8 Å². The van der Waals surface area contributed by atoms with Gasteiger partial charge in [0.05, 0.1) is 5.69 Å². The topological polar surface area (TPSA) is 116 Å². The molecule has 10 heteroatoms. The fraction of sp³-hybridized carbons (Fsp3) is 0.455. The first kappa shape index (κ1) is 25.4. The Morgan fingerprint density at radius 2 is 1.97 bits per heavy atom. The molecule has 1 unspecified atom stereocenters. The number of rotatable bonds is 7. The molecule has 3 N–H and O–H groups in total. The molecule has 0 radical (unpaired) electrons. The van der Waals surface area contributed by atoms with Gasteiger partial charge in [0, 0.05) is 23.6 Å². The van der Waals surface area contributed by atoms with E-state index < -0.39 is 23.7 Å². The molecule has 0 saturated carbocycles. The number of benzene rings is 1. The van der Waals surface area contributed by atoms with Gasteiger partial charge in [-0.05, 0) is 29.5 Å². The highest BCUT2D eigenvalue weighted by Gasteiger charge is 2.19. The highest BCUT2D eigenvalue weighted by molar-refractivity contribution is 7.07. The van der Waals surface area contributed by atoms with E-state index >= 15 is 0 Å². The summed E-state index contributed by atoms with van der Waals surface area (Å²) in [5.41, 5.74) is 5.54. The predicted octanol–water partition coefficient (Wildman–Crippen LogP) is 3.29. The molecule has 1 atom stereocenters. The van der Waals surface area contributed by atoms with E-state index in [1.54, 1.807) is 11.6 Å². The van der Waals surface area contributed by atoms with Crippen LogP contribution in [0.4, 0.5) is 10.1 Å². The summed E-state index contributed by atoms with van der Waals surface area (Å²) in [5, 5.41) is 4.19. The van der Waals surface area contributed by atoms with Gasteiger partial charge in [0.15, 0.2) is 11.5 Å². The smallest absolute Gasteiger partial charge is 0.324 e. The van der Waals surface area contributed by atoms with Crippen molar-refractivity contribution in [2.24, 2.45) is 22.1 Å². The van der Waals surface area contributed by atoms with Crippen molar-refractivity contribution in [2.45, 2.75) is 53.8 Å². The standard InChI is InChI=1S/C22H29FN4O4S/c1-13(2)18(24)20(30)31-12-27-8-9-32-21(27)26-19(29)14-6-7-16(15(23)10-14)25-17(28)11-22(3,4)5/h6-10,13,18H,11-12,24H2,1-5H3,(H,25,28)/b26-21-. The Kier molecular flexibility index (Phi) is 8.45. The third kappa shape index (κ3) is 7.38. The average molecular weight is 465 g/mol. The number of esters is 1. The molecule has 1 aromatic carbocycles. The second-order valence-corrected chi connectivity index (χ2v) is 9.79. The minimum absolute atomic E-state index is 0.00427. The van der Waals surface area contributed by atoms with Crippen LogP contribution in [0.15, 0.2) is 34.8 Å². The van der Waals surface area contributed by atoms with Crippen molar-refractivity contribution in [1.29, 1.82) is 0 Å². The molecule has 0 saturated heterocycles. The number of nitrogens with one attached hydrogen (secondary N) is 1. The van der Waals surface area contributed by atoms with Gasteiger partial charge in [-0.3, -0.25) is 19.0 Å². The monoisotopic (exact) mass is 464 g/mol. The fourth-order valence-electron chi connectivity index (χ4n) is 2.56. The first-order valence-corrected chi connectivity index (χ1v) is 11.0. The fourth-order valence-corrected chi connectivity index (χ4v) is 3.28. The zero-order valence-corrected chi connectivity index (χ0v) is 19.7. The van der Waals surface area contributed by atoms with E-state index in [9.17, 15) is 18.8 Å². The van der Waals surface area contributed by atoms with Crippen LogP contribution in [0.3, 0.4) is 0 Å². The zero-order chi connectivity index (χ0) is 24.1. The van der Waals surface area contributed by atoms with Crippen molar-refractivity contribution in [3.05, 3.63) is 46.0 Å². The van der Waals surface area contributed by atoms with Gasteiger partial charge >= 0.3 is 5.97 Å². The maximum Gasteiger partial charge on any atom is 0.324 e. The molecule has 174 valence electrons. The molecule has 2 aromatic rings. The van der Waals surface area contributed by atoms with Gasteiger partial charge < -0.3 is 15.8 Å². The summed E-state index contributed by atoms with van der Waals surface area (Å²) >= 11 is 1.16. The molecular formula is C22H29FN4O4S. The minimum Gasteiger partial charge on any atom is -0.443 e. The number of ether oxygens (including phenoxy) is 1. The Balaban J connectivity index is 2.11. The summed E-state index contributed by atoms with van der Waals surface area (Å²) in [6, 6.07) is 3.00. The Labute approximate surface area is 190 Å². The second-order valence-electron chi connectivity index (χ2n) is 8.91. The number of carbonyl (C=O) groups excluding carboxylic acids is 3. The summed E-state index contributed by atoms with van der Waals surface area (Å²) in [6.07, 6.45) is 1.84. The maximum absolute atomic E-state index is 14.4. The van der Waals surface area contributed by atoms with Gasteiger partial charge in [-0.25, -0.2) is 4.39 Å².